The molecule has 1 amide bonds. The van der Waals surface area contributed by atoms with Crippen LogP contribution < -0.4 is 9.80 Å². The van der Waals surface area contributed by atoms with Gasteiger partial charge >= 0.3 is 0 Å². The van der Waals surface area contributed by atoms with Crippen LogP contribution in [0.1, 0.15) is 24.8 Å². The van der Waals surface area contributed by atoms with Crippen molar-refractivity contribution in [3.63, 3.8) is 0 Å². The number of hydrogen-bond donors (Lipinski definition) is 1. The van der Waals surface area contributed by atoms with Crippen molar-refractivity contribution < 1.29 is 9.90 Å². The van der Waals surface area contributed by atoms with Crippen molar-refractivity contribution in [1.29, 1.82) is 0 Å². The third-order valence-electron chi connectivity index (χ3n) is 5.40. The molecule has 1 aromatic heterocycles. The monoisotopic (exact) mass is 337 g/mol. The summed E-state index contributed by atoms with van der Waals surface area (Å²) in [7, 11) is 1.84. The SMILES string of the molecule is CN1C(=O)CCc2cc(-c3cncc(N4CCCC4CO)c3)ccc21. The van der Waals surface area contributed by atoms with E-state index in [9.17, 15) is 9.90 Å². The Balaban J connectivity index is 1.67. The Morgan fingerprint density at radius 2 is 2.08 bits per heavy atom. The standard InChI is InChI=1S/C20H23N3O2/c1-22-19-6-4-14(9-15(19)5-7-20(22)25)16-10-18(12-21-11-16)23-8-2-3-17(23)13-24/h4,6,9-12,17,24H,2-3,5,7-8,13H2,1H3. The maximum Gasteiger partial charge on any atom is 0.227 e. The predicted octanol–water partition coefficient (Wildman–Crippen LogP) is 2.62. The maximum absolute atomic E-state index is 11.9. The number of aromatic nitrogens is 1. The van der Waals surface area contributed by atoms with Crippen LogP contribution in [-0.4, -0.2) is 42.2 Å². The fourth-order valence-corrected chi connectivity index (χ4v) is 3.94. The fourth-order valence-electron chi connectivity index (χ4n) is 3.94. The number of fused-ring (bicyclic) bond motifs is 1. The Morgan fingerprint density at radius 1 is 1.20 bits per heavy atom. The van der Waals surface area contributed by atoms with Gasteiger partial charge in [-0.3, -0.25) is 9.78 Å². The lowest BCUT2D eigenvalue weighted by molar-refractivity contribution is -0.118. The van der Waals surface area contributed by atoms with Crippen molar-refractivity contribution in [2.24, 2.45) is 0 Å². The molecule has 130 valence electrons. The molecule has 0 aliphatic carbocycles. The van der Waals surface area contributed by atoms with Gasteiger partial charge in [0.1, 0.15) is 0 Å². The van der Waals surface area contributed by atoms with Gasteiger partial charge in [-0.2, -0.15) is 0 Å². The van der Waals surface area contributed by atoms with E-state index in [1.54, 1.807) is 4.90 Å². The van der Waals surface area contributed by atoms with E-state index < -0.39 is 0 Å². The molecule has 1 aromatic carbocycles. The molecule has 0 saturated carbocycles. The molecule has 2 aromatic rings. The van der Waals surface area contributed by atoms with Gasteiger partial charge in [0.2, 0.25) is 5.91 Å². The van der Waals surface area contributed by atoms with Gasteiger partial charge in [-0.1, -0.05) is 6.07 Å². The maximum atomic E-state index is 11.9. The lowest BCUT2D eigenvalue weighted by Gasteiger charge is -2.27. The largest absolute Gasteiger partial charge is 0.394 e. The van der Waals surface area contributed by atoms with E-state index in [-0.39, 0.29) is 18.6 Å². The van der Waals surface area contributed by atoms with Gasteiger partial charge in [0.25, 0.3) is 0 Å². The minimum absolute atomic E-state index is 0.174. The number of carbonyl (C=O) groups excluding carboxylic acids is 1. The molecule has 2 aliphatic rings. The zero-order valence-electron chi connectivity index (χ0n) is 14.5. The van der Waals surface area contributed by atoms with Crippen LogP contribution >= 0.6 is 0 Å². The van der Waals surface area contributed by atoms with Crippen molar-refractivity contribution in [3.05, 3.63) is 42.2 Å². The van der Waals surface area contributed by atoms with Crippen molar-refractivity contribution in [3.8, 4) is 11.1 Å². The second kappa shape index (κ2) is 6.48. The van der Waals surface area contributed by atoms with E-state index in [2.05, 4.69) is 28.1 Å². The minimum Gasteiger partial charge on any atom is -0.394 e. The predicted molar refractivity (Wildman–Crippen MR) is 98.9 cm³/mol. The van der Waals surface area contributed by atoms with Crippen LogP contribution in [0.2, 0.25) is 0 Å². The summed E-state index contributed by atoms with van der Waals surface area (Å²) in [6.45, 7) is 1.15. The van der Waals surface area contributed by atoms with Crippen molar-refractivity contribution >= 4 is 17.3 Å². The average molecular weight is 337 g/mol. The van der Waals surface area contributed by atoms with E-state index in [1.807, 2.05) is 25.5 Å². The fraction of sp³-hybridized carbons (Fsp3) is 0.400. The first kappa shape index (κ1) is 16.1. The first-order valence-corrected chi connectivity index (χ1v) is 8.90. The molecule has 25 heavy (non-hydrogen) atoms. The molecule has 0 spiro atoms. The average Bonchev–Trinajstić information content (AvgIpc) is 3.13. The zero-order chi connectivity index (χ0) is 17.4. The summed E-state index contributed by atoms with van der Waals surface area (Å²) in [5, 5.41) is 9.57. The van der Waals surface area contributed by atoms with E-state index >= 15 is 0 Å². The lowest BCUT2D eigenvalue weighted by atomic mass is 9.96. The van der Waals surface area contributed by atoms with Gasteiger partial charge in [-0.25, -0.2) is 0 Å². The van der Waals surface area contributed by atoms with E-state index in [1.165, 1.54) is 5.56 Å². The van der Waals surface area contributed by atoms with Gasteiger partial charge in [-0.05, 0) is 48.6 Å². The van der Waals surface area contributed by atoms with Crippen LogP contribution in [0.15, 0.2) is 36.7 Å². The summed E-state index contributed by atoms with van der Waals surface area (Å²) in [6, 6.07) is 8.61. The lowest BCUT2D eigenvalue weighted by Crippen LogP contribution is -2.32. The summed E-state index contributed by atoms with van der Waals surface area (Å²) in [5.74, 6) is 0.174. The topological polar surface area (TPSA) is 56.7 Å². The molecular formula is C20H23N3O2. The Hall–Kier alpha value is -2.40. The quantitative estimate of drug-likeness (QED) is 0.935. The first-order chi connectivity index (χ1) is 12.2. The van der Waals surface area contributed by atoms with Crippen LogP contribution in [0.5, 0.6) is 0 Å². The zero-order valence-corrected chi connectivity index (χ0v) is 14.5. The molecule has 0 radical (unpaired) electrons. The minimum atomic E-state index is 0.174. The van der Waals surface area contributed by atoms with Crippen molar-refractivity contribution in [2.75, 3.05) is 30.0 Å². The van der Waals surface area contributed by atoms with Gasteiger partial charge in [0, 0.05) is 37.5 Å². The van der Waals surface area contributed by atoms with Gasteiger partial charge in [0.05, 0.1) is 24.5 Å². The van der Waals surface area contributed by atoms with E-state index in [0.717, 1.165) is 48.3 Å². The number of aliphatic hydroxyl groups excluding tert-OH is 1. The molecule has 0 bridgehead atoms. The second-order valence-corrected chi connectivity index (χ2v) is 6.90. The molecule has 5 heteroatoms. The van der Waals surface area contributed by atoms with Crippen molar-refractivity contribution in [2.45, 2.75) is 31.7 Å². The van der Waals surface area contributed by atoms with Gasteiger partial charge < -0.3 is 14.9 Å². The highest BCUT2D eigenvalue weighted by Gasteiger charge is 2.25. The molecule has 1 atom stereocenters. The summed E-state index contributed by atoms with van der Waals surface area (Å²) in [6.07, 6.45) is 7.25. The number of anilines is 2. The number of hydrogen-bond acceptors (Lipinski definition) is 4. The highest BCUT2D eigenvalue weighted by Crippen LogP contribution is 2.33. The molecular weight excluding hydrogens is 314 g/mol. The number of carbonyl (C=O) groups is 1. The van der Waals surface area contributed by atoms with Crippen LogP contribution in [0.4, 0.5) is 11.4 Å². The molecule has 2 aliphatic heterocycles. The van der Waals surface area contributed by atoms with Crippen LogP contribution in [-0.2, 0) is 11.2 Å². The summed E-state index contributed by atoms with van der Waals surface area (Å²) < 4.78 is 0. The van der Waals surface area contributed by atoms with Crippen LogP contribution in [0, 0.1) is 0 Å². The third-order valence-corrected chi connectivity index (χ3v) is 5.40. The Morgan fingerprint density at radius 3 is 2.92 bits per heavy atom. The molecule has 1 saturated heterocycles. The summed E-state index contributed by atoms with van der Waals surface area (Å²) in [4.78, 5) is 20.3. The van der Waals surface area contributed by atoms with E-state index in [0.29, 0.717) is 6.42 Å². The van der Waals surface area contributed by atoms with Crippen molar-refractivity contribution in [1.82, 2.24) is 4.98 Å². The molecule has 1 fully saturated rings. The number of aryl methyl sites for hydroxylation is 1. The molecule has 1 unspecified atom stereocenters. The molecule has 1 N–H and O–H groups in total. The third kappa shape index (κ3) is 2.89. The Labute approximate surface area is 147 Å². The number of amides is 1. The normalized spacial score (nSPS) is 20.1. The van der Waals surface area contributed by atoms with Crippen LogP contribution in [0.25, 0.3) is 11.1 Å². The van der Waals surface area contributed by atoms with Gasteiger partial charge in [-0.15, -0.1) is 0 Å². The molecule has 4 rings (SSSR count). The number of rotatable bonds is 3. The summed E-state index contributed by atoms with van der Waals surface area (Å²) in [5.41, 5.74) is 5.47. The smallest absolute Gasteiger partial charge is 0.227 e. The summed E-state index contributed by atoms with van der Waals surface area (Å²) >= 11 is 0. The second-order valence-electron chi connectivity index (χ2n) is 6.90. The highest BCUT2D eigenvalue weighted by atomic mass is 16.3. The van der Waals surface area contributed by atoms with Crippen LogP contribution in [0.3, 0.4) is 0 Å². The number of aliphatic hydroxyl groups is 1. The Bertz CT molecular complexity index is 805. The van der Waals surface area contributed by atoms with Gasteiger partial charge in [0.15, 0.2) is 0 Å². The van der Waals surface area contributed by atoms with E-state index in [4.69, 9.17) is 0 Å². The number of benzene rings is 1. The molecule has 3 heterocycles. The first-order valence-electron chi connectivity index (χ1n) is 8.90. The highest BCUT2D eigenvalue weighted by molar-refractivity contribution is 5.96. The molecule has 5 nitrogen and oxygen atoms in total. The number of pyridine rings is 1. The number of nitrogens with zero attached hydrogens (tertiary/aromatic N) is 3. The Kier molecular flexibility index (Phi) is 4.17.